The van der Waals surface area contributed by atoms with Gasteiger partial charge in [-0.25, -0.2) is 10.4 Å². The predicted molar refractivity (Wildman–Crippen MR) is 157 cm³/mol. The van der Waals surface area contributed by atoms with E-state index in [1.807, 2.05) is 63.5 Å². The first-order chi connectivity index (χ1) is 18.7. The van der Waals surface area contributed by atoms with E-state index in [0.717, 1.165) is 30.0 Å². The average Bonchev–Trinajstić information content (AvgIpc) is 3.31. The van der Waals surface area contributed by atoms with Gasteiger partial charge in [0, 0.05) is 31.8 Å². The van der Waals surface area contributed by atoms with Gasteiger partial charge in [-0.1, -0.05) is 36.4 Å². The molecule has 11 nitrogen and oxygen atoms in total. The molecular weight excluding hydrogens is 518 g/mol. The number of hydrogen-bond donors (Lipinski definition) is 4. The van der Waals surface area contributed by atoms with Crippen molar-refractivity contribution < 1.29 is 9.53 Å². The Kier molecular flexibility index (Phi) is 8.87. The molecule has 1 aromatic heterocycles. The smallest absolute Gasteiger partial charge is 0.247 e. The Labute approximate surface area is 233 Å². The van der Waals surface area contributed by atoms with Gasteiger partial charge >= 0.3 is 0 Å². The number of fused-ring (bicyclic) bond motifs is 1. The van der Waals surface area contributed by atoms with Crippen molar-refractivity contribution in [2.24, 2.45) is 0 Å². The largest absolute Gasteiger partial charge is 0.494 e. The van der Waals surface area contributed by atoms with Crippen LogP contribution in [0.25, 0.3) is 0 Å². The quantitative estimate of drug-likeness (QED) is 0.262. The Morgan fingerprint density at radius 2 is 2.00 bits per heavy atom. The van der Waals surface area contributed by atoms with E-state index in [0.29, 0.717) is 33.9 Å². The van der Waals surface area contributed by atoms with Crippen LogP contribution in [0, 0.1) is 0 Å². The number of carbonyl (C=O) groups is 1. The van der Waals surface area contributed by atoms with Gasteiger partial charge in [0.15, 0.2) is 5.82 Å². The fraction of sp³-hybridized carbons (Fsp3) is 0.296. The molecule has 1 atom stereocenters. The lowest BCUT2D eigenvalue weighted by molar-refractivity contribution is -0.111. The molecule has 0 saturated heterocycles. The molecule has 1 aliphatic rings. The summed E-state index contributed by atoms with van der Waals surface area (Å²) in [6.07, 6.45) is 2.67. The molecule has 0 bridgehead atoms. The van der Waals surface area contributed by atoms with E-state index in [9.17, 15) is 4.79 Å². The van der Waals surface area contributed by atoms with E-state index in [1.54, 1.807) is 19.4 Å². The number of amides is 1. The Hall–Kier alpha value is -3.90. The molecule has 2 aromatic carbocycles. The molecule has 4 N–H and O–H groups in total. The molecule has 1 unspecified atom stereocenters. The lowest BCUT2D eigenvalue weighted by atomic mass is 10.1. The molecular formula is C27H34ClN9O2. The Bertz CT molecular complexity index is 1350. The number of methoxy groups -OCH3 is 1. The number of rotatable bonds is 11. The zero-order valence-electron chi connectivity index (χ0n) is 22.7. The molecule has 1 aliphatic heterocycles. The molecule has 3 aromatic rings. The third kappa shape index (κ3) is 6.23. The molecule has 39 heavy (non-hydrogen) atoms. The van der Waals surface area contributed by atoms with Gasteiger partial charge in [-0.05, 0) is 39.4 Å². The van der Waals surface area contributed by atoms with E-state index < -0.39 is 0 Å². The molecule has 0 spiro atoms. The molecule has 4 rings (SSSR count). The highest BCUT2D eigenvalue weighted by atomic mass is 35.5. The summed E-state index contributed by atoms with van der Waals surface area (Å²) in [6, 6.07) is 11.6. The van der Waals surface area contributed by atoms with Gasteiger partial charge in [0.25, 0.3) is 0 Å². The zero-order chi connectivity index (χ0) is 28.1. The van der Waals surface area contributed by atoms with Crippen LogP contribution in [0.2, 0.25) is 5.02 Å². The summed E-state index contributed by atoms with van der Waals surface area (Å²) in [5.74, 6) is 1.02. The fourth-order valence-corrected chi connectivity index (χ4v) is 4.38. The van der Waals surface area contributed by atoms with Gasteiger partial charge in [-0.2, -0.15) is 4.98 Å². The van der Waals surface area contributed by atoms with Crippen molar-refractivity contribution >= 4 is 52.0 Å². The number of hydrazine groups is 1. The van der Waals surface area contributed by atoms with Crippen LogP contribution in [0.5, 0.6) is 5.75 Å². The van der Waals surface area contributed by atoms with Crippen molar-refractivity contribution in [3.63, 3.8) is 0 Å². The Balaban J connectivity index is 1.69. The first-order valence-corrected chi connectivity index (χ1v) is 12.8. The van der Waals surface area contributed by atoms with Gasteiger partial charge in [-0.15, -0.1) is 0 Å². The third-order valence-corrected chi connectivity index (χ3v) is 6.54. The summed E-state index contributed by atoms with van der Waals surface area (Å²) >= 11 is 6.56. The molecule has 0 aliphatic carbocycles. The first-order valence-electron chi connectivity index (χ1n) is 12.4. The summed E-state index contributed by atoms with van der Waals surface area (Å²) in [6.45, 7) is 5.15. The molecule has 12 heteroatoms. The van der Waals surface area contributed by atoms with Crippen molar-refractivity contribution in [1.29, 1.82) is 0 Å². The van der Waals surface area contributed by atoms with E-state index >= 15 is 0 Å². The highest BCUT2D eigenvalue weighted by Crippen LogP contribution is 2.40. The van der Waals surface area contributed by atoms with Crippen LogP contribution in [-0.4, -0.2) is 69.2 Å². The molecule has 1 amide bonds. The van der Waals surface area contributed by atoms with Crippen LogP contribution in [0.3, 0.4) is 0 Å². The first kappa shape index (κ1) is 28.1. The normalized spacial score (nSPS) is 14.2. The number of benzene rings is 2. The number of anilines is 6. The third-order valence-electron chi connectivity index (χ3n) is 6.27. The minimum Gasteiger partial charge on any atom is -0.494 e. The van der Waals surface area contributed by atoms with E-state index in [2.05, 4.69) is 42.7 Å². The standard InChI is InChI=1S/C27H34ClN9O2/c1-7-24(38)31-19-14-20(23(39-6)15-22(19)36(5)13-12-35(3)4)32-27-30-16-18(28)26(33-27)37-21-11-9-8-10-17(21)25(29-2)34-37/h7-11,14-16,25,29,34H,1,12-13H2,2-6H3,(H,31,38)(H,30,32,33). The maximum Gasteiger partial charge on any atom is 0.247 e. The molecule has 0 fully saturated rings. The van der Waals surface area contributed by atoms with Crippen LogP contribution in [0.1, 0.15) is 11.7 Å². The maximum absolute atomic E-state index is 12.3. The molecule has 0 radical (unpaired) electrons. The minimum absolute atomic E-state index is 0.100. The summed E-state index contributed by atoms with van der Waals surface area (Å²) in [4.78, 5) is 25.5. The second-order valence-corrected chi connectivity index (χ2v) is 9.63. The average molecular weight is 552 g/mol. The van der Waals surface area contributed by atoms with Gasteiger partial charge < -0.3 is 25.2 Å². The Morgan fingerprint density at radius 1 is 1.23 bits per heavy atom. The number of ether oxygens (including phenoxy) is 1. The van der Waals surface area contributed by atoms with Crippen molar-refractivity contribution in [2.45, 2.75) is 6.17 Å². The van der Waals surface area contributed by atoms with Crippen LogP contribution < -0.4 is 36.0 Å². The number of carbonyl (C=O) groups excluding carboxylic acids is 1. The van der Waals surface area contributed by atoms with Crippen LogP contribution in [0.4, 0.5) is 34.5 Å². The summed E-state index contributed by atoms with van der Waals surface area (Å²) in [7, 11) is 9.45. The van der Waals surface area contributed by atoms with Crippen LogP contribution in [0.15, 0.2) is 55.3 Å². The number of halogens is 1. The second-order valence-electron chi connectivity index (χ2n) is 9.22. The van der Waals surface area contributed by atoms with Gasteiger partial charge in [0.05, 0.1) is 36.1 Å². The van der Waals surface area contributed by atoms with Crippen molar-refractivity contribution in [2.75, 3.05) is 68.9 Å². The topological polar surface area (TPSA) is 110 Å². The number of para-hydroxylation sites is 1. The van der Waals surface area contributed by atoms with Crippen LogP contribution >= 0.6 is 11.6 Å². The number of nitrogens with zero attached hydrogens (tertiary/aromatic N) is 5. The summed E-state index contributed by atoms with van der Waals surface area (Å²) < 4.78 is 5.70. The minimum atomic E-state index is -0.323. The molecule has 0 saturated carbocycles. The maximum atomic E-state index is 12.3. The Morgan fingerprint density at radius 3 is 2.69 bits per heavy atom. The van der Waals surface area contributed by atoms with E-state index in [4.69, 9.17) is 21.3 Å². The van der Waals surface area contributed by atoms with Gasteiger partial charge in [0.2, 0.25) is 11.9 Å². The fourth-order valence-electron chi connectivity index (χ4n) is 4.20. The second kappa shape index (κ2) is 12.3. The predicted octanol–water partition coefficient (Wildman–Crippen LogP) is 3.88. The highest BCUT2D eigenvalue weighted by Gasteiger charge is 2.30. The van der Waals surface area contributed by atoms with Crippen LogP contribution in [-0.2, 0) is 4.79 Å². The van der Waals surface area contributed by atoms with E-state index in [-0.39, 0.29) is 12.1 Å². The lowest BCUT2D eigenvalue weighted by Crippen LogP contribution is -2.36. The zero-order valence-corrected chi connectivity index (χ0v) is 23.5. The highest BCUT2D eigenvalue weighted by molar-refractivity contribution is 6.33. The summed E-state index contributed by atoms with van der Waals surface area (Å²) in [5.41, 5.74) is 7.34. The van der Waals surface area contributed by atoms with Gasteiger partial charge in [-0.3, -0.25) is 15.1 Å². The van der Waals surface area contributed by atoms with E-state index in [1.165, 1.54) is 6.08 Å². The number of aromatic nitrogens is 2. The number of likely N-dealkylation sites (N-methyl/N-ethyl adjacent to an activating group) is 2. The van der Waals surface area contributed by atoms with Gasteiger partial charge in [0.1, 0.15) is 16.9 Å². The molecule has 2 heterocycles. The van der Waals surface area contributed by atoms with Crippen molar-refractivity contribution in [1.82, 2.24) is 25.6 Å². The lowest BCUT2D eigenvalue weighted by Gasteiger charge is -2.26. The molecule has 206 valence electrons. The summed E-state index contributed by atoms with van der Waals surface area (Å²) in [5, 5.41) is 11.6. The van der Waals surface area contributed by atoms with Crippen molar-refractivity contribution in [3.05, 3.63) is 65.8 Å². The monoisotopic (exact) mass is 551 g/mol. The SMILES string of the molecule is C=CC(=O)Nc1cc(Nc2ncc(Cl)c(N3NC(NC)c4ccccc43)n2)c(OC)cc1N(C)CCN(C)C. The number of hydrogen-bond acceptors (Lipinski definition) is 10. The van der Waals surface area contributed by atoms with Crippen molar-refractivity contribution in [3.8, 4) is 5.75 Å². The number of nitrogens with one attached hydrogen (secondary N) is 4.